The monoisotopic (exact) mass is 371 g/mol. The molecule has 0 unspecified atom stereocenters. The van der Waals surface area contributed by atoms with E-state index in [-0.39, 0.29) is 10.9 Å². The van der Waals surface area contributed by atoms with Crippen LogP contribution in [0.5, 0.6) is 5.75 Å². The van der Waals surface area contributed by atoms with Crippen LogP contribution in [-0.2, 0) is 0 Å². The van der Waals surface area contributed by atoms with Crippen molar-refractivity contribution < 1.29 is 9.53 Å². The summed E-state index contributed by atoms with van der Waals surface area (Å²) in [6.07, 6.45) is -0.641. The summed E-state index contributed by atoms with van der Waals surface area (Å²) in [5.41, 5.74) is 2.08. The van der Waals surface area contributed by atoms with Crippen LogP contribution in [0, 0.1) is 6.92 Å². The number of ether oxygens (including phenoxy) is 1. The van der Waals surface area contributed by atoms with Crippen LogP contribution < -0.4 is 10.1 Å². The molecule has 0 spiro atoms. The van der Waals surface area contributed by atoms with Crippen molar-refractivity contribution in [1.82, 2.24) is 0 Å². The minimum Gasteiger partial charge on any atom is -0.410 e. The molecule has 0 aromatic heterocycles. The number of nitrogens with one attached hydrogen (secondary N) is 1. The Kier molecular flexibility index (Phi) is 5.79. The average molecular weight is 373 g/mol. The number of hydrogen-bond donors (Lipinski definition) is 1. The van der Waals surface area contributed by atoms with Gasteiger partial charge < -0.3 is 4.74 Å². The number of aryl methyl sites for hydroxylation is 1. The van der Waals surface area contributed by atoms with Crippen LogP contribution >= 0.6 is 34.8 Å². The summed E-state index contributed by atoms with van der Waals surface area (Å²) >= 11 is 18.1. The van der Waals surface area contributed by atoms with Crippen molar-refractivity contribution in [2.24, 2.45) is 0 Å². The lowest BCUT2D eigenvalue weighted by atomic mass is 10.0. The molecule has 2 aromatic rings. The summed E-state index contributed by atoms with van der Waals surface area (Å²) < 4.78 is 5.43. The van der Waals surface area contributed by atoms with E-state index in [0.29, 0.717) is 21.5 Å². The first-order valence-electron chi connectivity index (χ1n) is 7.02. The van der Waals surface area contributed by atoms with Gasteiger partial charge in [-0.05, 0) is 48.2 Å². The van der Waals surface area contributed by atoms with Gasteiger partial charge in [-0.1, -0.05) is 54.7 Å². The molecule has 1 amide bonds. The fourth-order valence-electron chi connectivity index (χ4n) is 2.05. The summed E-state index contributed by atoms with van der Waals surface area (Å²) in [7, 11) is 0. The number of benzene rings is 2. The lowest BCUT2D eigenvalue weighted by Crippen LogP contribution is -2.18. The van der Waals surface area contributed by atoms with E-state index in [2.05, 4.69) is 5.32 Å². The van der Waals surface area contributed by atoms with Crippen molar-refractivity contribution in [3.63, 3.8) is 0 Å². The second kappa shape index (κ2) is 7.43. The van der Waals surface area contributed by atoms with Gasteiger partial charge in [0.25, 0.3) is 0 Å². The van der Waals surface area contributed by atoms with E-state index in [1.54, 1.807) is 24.3 Å². The number of hydrogen-bond acceptors (Lipinski definition) is 2. The lowest BCUT2D eigenvalue weighted by Gasteiger charge is -2.15. The Bertz CT molecular complexity index is 745. The maximum Gasteiger partial charge on any atom is 0.417 e. The number of amides is 1. The summed E-state index contributed by atoms with van der Waals surface area (Å²) in [6.45, 7) is 5.85. The zero-order chi connectivity index (χ0) is 17.1. The Balaban J connectivity index is 2.23. The first-order valence-corrected chi connectivity index (χ1v) is 8.16. The molecule has 0 saturated carbocycles. The van der Waals surface area contributed by atoms with Gasteiger partial charge in [-0.25, -0.2) is 4.79 Å². The zero-order valence-corrected chi connectivity index (χ0v) is 15.2. The minimum atomic E-state index is -0.641. The fraction of sp³-hybridized carbons (Fsp3) is 0.235. The molecule has 2 aromatic carbocycles. The second-order valence-corrected chi connectivity index (χ2v) is 6.60. The smallest absolute Gasteiger partial charge is 0.410 e. The van der Waals surface area contributed by atoms with Crippen LogP contribution in [0.3, 0.4) is 0 Å². The molecule has 2 rings (SSSR count). The van der Waals surface area contributed by atoms with Crippen LogP contribution in [0.2, 0.25) is 15.1 Å². The van der Waals surface area contributed by atoms with Crippen molar-refractivity contribution in [3.8, 4) is 5.75 Å². The normalized spacial score (nSPS) is 10.7. The van der Waals surface area contributed by atoms with Crippen LogP contribution in [0.15, 0.2) is 30.3 Å². The third kappa shape index (κ3) is 4.31. The Labute approximate surface area is 150 Å². The topological polar surface area (TPSA) is 38.3 Å². The summed E-state index contributed by atoms with van der Waals surface area (Å²) in [5.74, 6) is 0.628. The molecule has 0 aliphatic rings. The number of rotatable bonds is 3. The van der Waals surface area contributed by atoms with Crippen LogP contribution in [0.25, 0.3) is 0 Å². The molecule has 122 valence electrons. The molecule has 0 radical (unpaired) electrons. The van der Waals surface area contributed by atoms with Gasteiger partial charge in [0.2, 0.25) is 0 Å². The number of carbonyl (C=O) groups excluding carboxylic acids is 1. The molecular weight excluding hydrogens is 357 g/mol. The van der Waals surface area contributed by atoms with Gasteiger partial charge in [-0.2, -0.15) is 0 Å². The van der Waals surface area contributed by atoms with Gasteiger partial charge in [0.1, 0.15) is 5.75 Å². The molecule has 0 atom stereocenters. The highest BCUT2D eigenvalue weighted by Gasteiger charge is 2.15. The summed E-state index contributed by atoms with van der Waals surface area (Å²) in [4.78, 5) is 12.1. The second-order valence-electron chi connectivity index (χ2n) is 5.41. The third-order valence-corrected chi connectivity index (χ3v) is 4.53. The molecule has 1 N–H and O–H groups in total. The number of halogens is 3. The summed E-state index contributed by atoms with van der Waals surface area (Å²) in [6, 6.07) is 8.54. The van der Waals surface area contributed by atoms with Crippen LogP contribution in [-0.4, -0.2) is 6.09 Å². The van der Waals surface area contributed by atoms with Crippen molar-refractivity contribution in [2.75, 3.05) is 5.32 Å². The molecule has 0 saturated heterocycles. The molecular formula is C17H16Cl3NO2. The predicted molar refractivity (Wildman–Crippen MR) is 96.4 cm³/mol. The molecule has 0 heterocycles. The van der Waals surface area contributed by atoms with Gasteiger partial charge in [-0.15, -0.1) is 0 Å². The summed E-state index contributed by atoms with van der Waals surface area (Å²) in [5, 5.41) is 3.85. The number of anilines is 1. The number of carbonyl (C=O) groups is 1. The van der Waals surface area contributed by atoms with Gasteiger partial charge in [-0.3, -0.25) is 5.32 Å². The van der Waals surface area contributed by atoms with Crippen LogP contribution in [0.1, 0.15) is 30.9 Å². The molecule has 0 aliphatic carbocycles. The minimum absolute atomic E-state index is 0.158. The average Bonchev–Trinajstić information content (AvgIpc) is 2.47. The Morgan fingerprint density at radius 1 is 1.13 bits per heavy atom. The molecule has 3 nitrogen and oxygen atoms in total. The molecule has 0 aliphatic heterocycles. The van der Waals surface area contributed by atoms with E-state index >= 15 is 0 Å². The van der Waals surface area contributed by atoms with E-state index < -0.39 is 6.09 Å². The SMILES string of the molecule is Cc1cc(OC(=O)Nc2cccc(Cl)c2Cl)c(C(C)C)cc1Cl. The van der Waals surface area contributed by atoms with Gasteiger partial charge in [0, 0.05) is 5.02 Å². The molecule has 0 bridgehead atoms. The van der Waals surface area contributed by atoms with Crippen molar-refractivity contribution in [3.05, 3.63) is 56.5 Å². The Hall–Kier alpha value is -1.42. The largest absolute Gasteiger partial charge is 0.417 e. The van der Waals surface area contributed by atoms with Crippen molar-refractivity contribution in [1.29, 1.82) is 0 Å². The third-order valence-electron chi connectivity index (χ3n) is 3.30. The Morgan fingerprint density at radius 2 is 1.83 bits per heavy atom. The predicted octanol–water partition coefficient (Wildman–Crippen LogP) is 6.69. The maximum absolute atomic E-state index is 12.1. The highest BCUT2D eigenvalue weighted by Crippen LogP contribution is 2.33. The van der Waals surface area contributed by atoms with E-state index in [4.69, 9.17) is 39.5 Å². The molecule has 6 heteroatoms. The first kappa shape index (κ1) is 17.9. The first-order chi connectivity index (χ1) is 10.8. The molecule has 0 fully saturated rings. The standard InChI is InChI=1S/C17H16Cl3NO2/c1-9(2)11-8-13(19)10(3)7-15(11)23-17(22)21-14-6-4-5-12(18)16(14)20/h4-9H,1-3H3,(H,21,22). The van der Waals surface area contributed by atoms with E-state index in [0.717, 1.165) is 11.1 Å². The van der Waals surface area contributed by atoms with Gasteiger partial charge in [0.15, 0.2) is 0 Å². The van der Waals surface area contributed by atoms with Crippen molar-refractivity contribution >= 4 is 46.6 Å². The quantitative estimate of drug-likeness (QED) is 0.651. The highest BCUT2D eigenvalue weighted by molar-refractivity contribution is 6.43. The van der Waals surface area contributed by atoms with Crippen molar-refractivity contribution in [2.45, 2.75) is 26.7 Å². The van der Waals surface area contributed by atoms with E-state index in [1.807, 2.05) is 26.8 Å². The fourth-order valence-corrected chi connectivity index (χ4v) is 2.57. The lowest BCUT2D eigenvalue weighted by molar-refractivity contribution is 0.214. The zero-order valence-electron chi connectivity index (χ0n) is 12.9. The van der Waals surface area contributed by atoms with E-state index in [9.17, 15) is 4.79 Å². The maximum atomic E-state index is 12.1. The van der Waals surface area contributed by atoms with E-state index in [1.165, 1.54) is 0 Å². The Morgan fingerprint density at radius 3 is 2.48 bits per heavy atom. The van der Waals surface area contributed by atoms with Crippen LogP contribution in [0.4, 0.5) is 10.5 Å². The van der Waals surface area contributed by atoms with Gasteiger partial charge >= 0.3 is 6.09 Å². The molecule has 23 heavy (non-hydrogen) atoms. The highest BCUT2D eigenvalue weighted by atomic mass is 35.5. The van der Waals surface area contributed by atoms with Gasteiger partial charge in [0.05, 0.1) is 15.7 Å².